The summed E-state index contributed by atoms with van der Waals surface area (Å²) in [6.07, 6.45) is 0.0723. The predicted octanol–water partition coefficient (Wildman–Crippen LogP) is 3.89. The van der Waals surface area contributed by atoms with Gasteiger partial charge in [-0.05, 0) is 62.2 Å². The third kappa shape index (κ3) is 3.24. The lowest BCUT2D eigenvalue weighted by Gasteiger charge is -2.30. The van der Waals surface area contributed by atoms with Crippen LogP contribution in [0.25, 0.3) is 0 Å². The molecule has 0 bridgehead atoms. The second kappa shape index (κ2) is 6.81. The Morgan fingerprint density at radius 1 is 1.18 bits per heavy atom. The van der Waals surface area contributed by atoms with E-state index in [4.69, 9.17) is 9.47 Å². The monoisotopic (exact) mass is 448 g/mol. The molecule has 1 aliphatic carbocycles. The number of methoxy groups -OCH3 is 1. The standard InChI is InChI=1S/C21H21BrO6/c1-20(2,3)28-19(26)21(12-8-15(23)17(24)16(9-12)27-4)10-11-7-13(22)5-6-14(11)18(21)25/h5-9,23-24H,10H2,1-4H3. The van der Waals surface area contributed by atoms with Gasteiger partial charge in [-0.25, -0.2) is 0 Å². The van der Waals surface area contributed by atoms with Crippen LogP contribution in [0.5, 0.6) is 17.2 Å². The molecule has 6 nitrogen and oxygen atoms in total. The van der Waals surface area contributed by atoms with Crippen LogP contribution in [0.1, 0.15) is 42.3 Å². The number of hydrogen-bond donors (Lipinski definition) is 2. The molecule has 2 aromatic rings. The lowest BCUT2D eigenvalue weighted by molar-refractivity contribution is -0.159. The molecule has 7 heteroatoms. The number of carbonyl (C=O) groups is 2. The predicted molar refractivity (Wildman–Crippen MR) is 106 cm³/mol. The minimum Gasteiger partial charge on any atom is -0.504 e. The molecule has 0 fully saturated rings. The van der Waals surface area contributed by atoms with Gasteiger partial charge in [-0.2, -0.15) is 0 Å². The zero-order chi connectivity index (χ0) is 20.9. The number of ketones is 1. The number of ether oxygens (including phenoxy) is 2. The van der Waals surface area contributed by atoms with E-state index < -0.39 is 34.3 Å². The largest absolute Gasteiger partial charge is 0.504 e. The van der Waals surface area contributed by atoms with Gasteiger partial charge in [-0.1, -0.05) is 15.9 Å². The first-order chi connectivity index (χ1) is 13.0. The third-order valence-electron chi connectivity index (χ3n) is 4.67. The highest BCUT2D eigenvalue weighted by Gasteiger charge is 2.55. The fourth-order valence-corrected chi connectivity index (χ4v) is 3.81. The molecule has 0 radical (unpaired) electrons. The smallest absolute Gasteiger partial charge is 0.325 e. The summed E-state index contributed by atoms with van der Waals surface area (Å²) >= 11 is 3.39. The van der Waals surface area contributed by atoms with Crippen molar-refractivity contribution in [3.8, 4) is 17.2 Å². The quantitative estimate of drug-likeness (QED) is 0.420. The molecular formula is C21H21BrO6. The van der Waals surface area contributed by atoms with Crippen molar-refractivity contribution in [1.82, 2.24) is 0 Å². The number of rotatable bonds is 3. The molecule has 0 amide bonds. The lowest BCUT2D eigenvalue weighted by atomic mass is 9.76. The Balaban J connectivity index is 2.25. The highest BCUT2D eigenvalue weighted by atomic mass is 79.9. The maximum absolute atomic E-state index is 13.5. The van der Waals surface area contributed by atoms with E-state index in [1.54, 1.807) is 39.0 Å². The molecule has 0 aromatic heterocycles. The molecule has 2 aromatic carbocycles. The van der Waals surface area contributed by atoms with Gasteiger partial charge in [0.15, 0.2) is 22.7 Å². The van der Waals surface area contributed by atoms with Crippen LogP contribution in [0.2, 0.25) is 0 Å². The lowest BCUT2D eigenvalue weighted by Crippen LogP contribution is -2.46. The molecule has 0 saturated heterocycles. The van der Waals surface area contributed by atoms with Crippen molar-refractivity contribution in [2.24, 2.45) is 0 Å². The zero-order valence-electron chi connectivity index (χ0n) is 16.0. The fourth-order valence-electron chi connectivity index (χ4n) is 3.40. The van der Waals surface area contributed by atoms with Gasteiger partial charge in [0.2, 0.25) is 5.75 Å². The van der Waals surface area contributed by atoms with Crippen LogP contribution < -0.4 is 4.74 Å². The number of benzene rings is 2. The molecule has 0 heterocycles. The molecule has 0 spiro atoms. The maximum atomic E-state index is 13.5. The Labute approximate surface area is 171 Å². The Kier molecular flexibility index (Phi) is 4.91. The number of fused-ring (bicyclic) bond motifs is 1. The topological polar surface area (TPSA) is 93.1 Å². The first-order valence-electron chi connectivity index (χ1n) is 8.66. The van der Waals surface area contributed by atoms with Gasteiger partial charge in [-0.15, -0.1) is 0 Å². The maximum Gasteiger partial charge on any atom is 0.325 e. The molecular weight excluding hydrogens is 428 g/mol. The SMILES string of the molecule is COc1cc(C2(C(=O)OC(C)(C)C)Cc3cc(Br)ccc3C2=O)cc(O)c1O. The Bertz CT molecular complexity index is 976. The van der Waals surface area contributed by atoms with E-state index in [2.05, 4.69) is 15.9 Å². The van der Waals surface area contributed by atoms with Crippen molar-refractivity contribution in [2.45, 2.75) is 38.2 Å². The van der Waals surface area contributed by atoms with Crippen LogP contribution in [-0.2, 0) is 21.4 Å². The summed E-state index contributed by atoms with van der Waals surface area (Å²) in [5.41, 5.74) is -1.19. The first kappa shape index (κ1) is 20.2. The minimum absolute atomic E-state index is 0.0390. The molecule has 28 heavy (non-hydrogen) atoms. The van der Waals surface area contributed by atoms with Gasteiger partial charge in [0.25, 0.3) is 0 Å². The number of phenols is 2. The Hall–Kier alpha value is -2.54. The fraction of sp³-hybridized carbons (Fsp3) is 0.333. The van der Waals surface area contributed by atoms with Gasteiger partial charge in [-0.3, -0.25) is 9.59 Å². The van der Waals surface area contributed by atoms with Crippen molar-refractivity contribution in [3.05, 3.63) is 51.5 Å². The van der Waals surface area contributed by atoms with Crippen molar-refractivity contribution in [1.29, 1.82) is 0 Å². The summed E-state index contributed by atoms with van der Waals surface area (Å²) in [4.78, 5) is 26.8. The Morgan fingerprint density at radius 3 is 2.46 bits per heavy atom. The second-order valence-electron chi connectivity index (χ2n) is 7.76. The van der Waals surface area contributed by atoms with E-state index in [-0.39, 0.29) is 17.7 Å². The molecule has 1 aliphatic rings. The van der Waals surface area contributed by atoms with Gasteiger partial charge in [0.1, 0.15) is 5.60 Å². The van der Waals surface area contributed by atoms with Crippen LogP contribution in [0.15, 0.2) is 34.8 Å². The number of phenolic OH excluding ortho intramolecular Hbond substituents is 2. The summed E-state index contributed by atoms with van der Waals surface area (Å²) in [5, 5.41) is 20.1. The Morgan fingerprint density at radius 2 is 1.86 bits per heavy atom. The van der Waals surface area contributed by atoms with Crippen LogP contribution in [0.3, 0.4) is 0 Å². The van der Waals surface area contributed by atoms with E-state index in [0.29, 0.717) is 11.1 Å². The summed E-state index contributed by atoms with van der Waals surface area (Å²) in [7, 11) is 1.32. The zero-order valence-corrected chi connectivity index (χ0v) is 17.6. The summed E-state index contributed by atoms with van der Waals surface area (Å²) in [6, 6.07) is 7.78. The highest BCUT2D eigenvalue weighted by Crippen LogP contribution is 2.47. The molecule has 0 aliphatic heterocycles. The van der Waals surface area contributed by atoms with Crippen LogP contribution in [0.4, 0.5) is 0 Å². The van der Waals surface area contributed by atoms with Crippen molar-refractivity contribution in [3.63, 3.8) is 0 Å². The molecule has 2 N–H and O–H groups in total. The van der Waals surface area contributed by atoms with E-state index in [0.717, 1.165) is 4.47 Å². The molecule has 1 atom stereocenters. The summed E-state index contributed by atoms with van der Waals surface area (Å²) in [6.45, 7) is 5.16. The van der Waals surface area contributed by atoms with Crippen LogP contribution in [0, 0.1) is 0 Å². The van der Waals surface area contributed by atoms with Gasteiger partial charge in [0.05, 0.1) is 7.11 Å². The van der Waals surface area contributed by atoms with Gasteiger partial charge in [0, 0.05) is 16.5 Å². The molecule has 3 rings (SSSR count). The number of esters is 1. The van der Waals surface area contributed by atoms with E-state index in [1.165, 1.54) is 19.2 Å². The second-order valence-corrected chi connectivity index (χ2v) is 8.68. The number of halogens is 1. The normalized spacial score (nSPS) is 18.7. The highest BCUT2D eigenvalue weighted by molar-refractivity contribution is 9.10. The first-order valence-corrected chi connectivity index (χ1v) is 9.46. The minimum atomic E-state index is -1.69. The molecule has 1 unspecified atom stereocenters. The third-order valence-corrected chi connectivity index (χ3v) is 5.16. The number of aromatic hydroxyl groups is 2. The van der Waals surface area contributed by atoms with Gasteiger partial charge >= 0.3 is 5.97 Å². The summed E-state index contributed by atoms with van der Waals surface area (Å²) < 4.78 is 11.5. The summed E-state index contributed by atoms with van der Waals surface area (Å²) in [5.74, 6) is -2.12. The average molecular weight is 449 g/mol. The average Bonchev–Trinajstić information content (AvgIpc) is 2.88. The number of hydrogen-bond acceptors (Lipinski definition) is 6. The van der Waals surface area contributed by atoms with Crippen molar-refractivity contribution >= 4 is 27.7 Å². The molecule has 0 saturated carbocycles. The number of carbonyl (C=O) groups excluding carboxylic acids is 2. The molecule has 148 valence electrons. The van der Waals surface area contributed by atoms with Crippen LogP contribution >= 0.6 is 15.9 Å². The van der Waals surface area contributed by atoms with E-state index in [1.807, 2.05) is 0 Å². The van der Waals surface area contributed by atoms with Crippen molar-refractivity contribution < 1.29 is 29.3 Å². The van der Waals surface area contributed by atoms with E-state index in [9.17, 15) is 19.8 Å². The van der Waals surface area contributed by atoms with Gasteiger partial charge < -0.3 is 19.7 Å². The van der Waals surface area contributed by atoms with Crippen molar-refractivity contribution in [2.75, 3.05) is 7.11 Å². The van der Waals surface area contributed by atoms with Crippen LogP contribution in [-0.4, -0.2) is 34.7 Å². The number of Topliss-reactive ketones (excluding diaryl/α,β-unsaturated/α-hetero) is 1. The van der Waals surface area contributed by atoms with E-state index >= 15 is 0 Å².